The van der Waals surface area contributed by atoms with E-state index in [2.05, 4.69) is 10.6 Å². The lowest BCUT2D eigenvalue weighted by Gasteiger charge is -2.09. The molecule has 5 nitrogen and oxygen atoms in total. The Morgan fingerprint density at radius 1 is 1.42 bits per heavy atom. The van der Waals surface area contributed by atoms with E-state index in [0.29, 0.717) is 12.2 Å². The highest BCUT2D eigenvalue weighted by Crippen LogP contribution is 2.22. The highest BCUT2D eigenvalue weighted by molar-refractivity contribution is 7.98. The molecule has 0 aliphatic carbocycles. The summed E-state index contributed by atoms with van der Waals surface area (Å²) in [4.78, 5) is 22.3. The van der Waals surface area contributed by atoms with Crippen molar-refractivity contribution in [2.75, 3.05) is 23.9 Å². The summed E-state index contributed by atoms with van der Waals surface area (Å²) in [5.74, 6) is -0.0797. The number of urea groups is 1. The highest BCUT2D eigenvalue weighted by atomic mass is 35.5. The molecule has 1 aromatic carbocycles. The predicted molar refractivity (Wildman–Crippen MR) is 78.4 cm³/mol. The quantitative estimate of drug-likeness (QED) is 0.706. The van der Waals surface area contributed by atoms with Crippen molar-refractivity contribution in [1.29, 1.82) is 0 Å². The van der Waals surface area contributed by atoms with Gasteiger partial charge in [0.2, 0.25) is 0 Å². The molecule has 0 aliphatic heterocycles. The Morgan fingerprint density at radius 3 is 2.74 bits per heavy atom. The second-order valence-corrected chi connectivity index (χ2v) is 5.12. The van der Waals surface area contributed by atoms with E-state index in [1.807, 2.05) is 6.26 Å². The first-order valence-electron chi connectivity index (χ1n) is 5.61. The number of carbonyl (C=O) groups is 2. The van der Waals surface area contributed by atoms with Gasteiger partial charge in [0.1, 0.15) is 0 Å². The molecule has 0 fully saturated rings. The molecule has 0 aliphatic rings. The zero-order chi connectivity index (χ0) is 14.3. The smallest absolute Gasteiger partial charge is 0.335 e. The number of amides is 2. The Morgan fingerprint density at radius 2 is 2.16 bits per heavy atom. The zero-order valence-electron chi connectivity index (χ0n) is 10.4. The molecule has 0 saturated carbocycles. The molecule has 0 heterocycles. The molecular formula is C12H15ClN2O3S. The summed E-state index contributed by atoms with van der Waals surface area (Å²) in [7, 11) is 0. The molecule has 1 rings (SSSR count). The lowest BCUT2D eigenvalue weighted by atomic mass is 10.2. The molecule has 0 unspecified atom stereocenters. The van der Waals surface area contributed by atoms with Gasteiger partial charge in [-0.25, -0.2) is 9.59 Å². The molecule has 0 saturated heterocycles. The zero-order valence-corrected chi connectivity index (χ0v) is 12.0. The Hall–Kier alpha value is -1.40. The van der Waals surface area contributed by atoms with E-state index in [-0.39, 0.29) is 16.6 Å². The molecule has 2 amide bonds. The summed E-state index contributed by atoms with van der Waals surface area (Å²) in [5.41, 5.74) is 0.463. The number of halogens is 1. The van der Waals surface area contributed by atoms with Crippen LogP contribution in [0.4, 0.5) is 10.5 Å². The number of thioether (sulfide) groups is 1. The minimum Gasteiger partial charge on any atom is -0.478 e. The van der Waals surface area contributed by atoms with Gasteiger partial charge in [-0.15, -0.1) is 0 Å². The maximum absolute atomic E-state index is 11.5. The number of hydrogen-bond acceptors (Lipinski definition) is 3. The van der Waals surface area contributed by atoms with Crippen LogP contribution in [0, 0.1) is 0 Å². The van der Waals surface area contributed by atoms with E-state index >= 15 is 0 Å². The molecule has 104 valence electrons. The van der Waals surface area contributed by atoms with Crippen LogP contribution in [0.2, 0.25) is 5.02 Å². The summed E-state index contributed by atoms with van der Waals surface area (Å²) in [5, 5.41) is 14.2. The van der Waals surface area contributed by atoms with Crippen molar-refractivity contribution >= 4 is 41.1 Å². The summed E-state index contributed by atoms with van der Waals surface area (Å²) < 4.78 is 0. The fourth-order valence-electron chi connectivity index (χ4n) is 1.33. The van der Waals surface area contributed by atoms with Crippen LogP contribution in [0.3, 0.4) is 0 Å². The molecule has 19 heavy (non-hydrogen) atoms. The van der Waals surface area contributed by atoms with Gasteiger partial charge in [0.25, 0.3) is 0 Å². The first-order valence-corrected chi connectivity index (χ1v) is 7.38. The third-order valence-electron chi connectivity index (χ3n) is 2.28. The predicted octanol–water partition coefficient (Wildman–Crippen LogP) is 2.91. The van der Waals surface area contributed by atoms with Crippen LogP contribution in [-0.2, 0) is 0 Å². The summed E-state index contributed by atoms with van der Waals surface area (Å²) in [6, 6.07) is 3.80. The number of nitrogens with one attached hydrogen (secondary N) is 2. The largest absolute Gasteiger partial charge is 0.478 e. The minimum atomic E-state index is -1.06. The number of carbonyl (C=O) groups excluding carboxylic acids is 1. The average molecular weight is 303 g/mol. The third kappa shape index (κ3) is 5.40. The minimum absolute atomic E-state index is 0.0796. The first kappa shape index (κ1) is 15.7. The topological polar surface area (TPSA) is 78.4 Å². The van der Waals surface area contributed by atoms with Crippen molar-refractivity contribution in [3.05, 3.63) is 28.8 Å². The molecule has 0 spiro atoms. The Balaban J connectivity index is 2.52. The van der Waals surface area contributed by atoms with Crippen LogP contribution in [-0.4, -0.2) is 35.7 Å². The van der Waals surface area contributed by atoms with Crippen molar-refractivity contribution in [1.82, 2.24) is 5.32 Å². The SMILES string of the molecule is CSCCCNC(=O)Nc1ccc(C(=O)O)cc1Cl. The molecule has 7 heteroatoms. The van der Waals surface area contributed by atoms with E-state index in [0.717, 1.165) is 12.2 Å². The number of anilines is 1. The van der Waals surface area contributed by atoms with Crippen molar-refractivity contribution in [3.8, 4) is 0 Å². The first-order chi connectivity index (χ1) is 9.04. The lowest BCUT2D eigenvalue weighted by molar-refractivity contribution is 0.0697. The Kier molecular flexibility index (Phi) is 6.52. The van der Waals surface area contributed by atoms with Crippen LogP contribution < -0.4 is 10.6 Å². The Labute approximate surface area is 120 Å². The van der Waals surface area contributed by atoms with Gasteiger partial charge in [-0.1, -0.05) is 11.6 Å². The average Bonchev–Trinajstić information content (AvgIpc) is 2.37. The van der Waals surface area contributed by atoms with E-state index in [9.17, 15) is 9.59 Å². The van der Waals surface area contributed by atoms with E-state index in [1.54, 1.807) is 11.8 Å². The van der Waals surface area contributed by atoms with Gasteiger partial charge in [-0.05, 0) is 36.6 Å². The van der Waals surface area contributed by atoms with Crippen LogP contribution in [0.1, 0.15) is 16.8 Å². The van der Waals surface area contributed by atoms with Gasteiger partial charge in [0.05, 0.1) is 16.3 Å². The van der Waals surface area contributed by atoms with Crippen LogP contribution in [0.5, 0.6) is 0 Å². The number of rotatable bonds is 6. The van der Waals surface area contributed by atoms with Crippen molar-refractivity contribution in [2.24, 2.45) is 0 Å². The number of aromatic carboxylic acids is 1. The second-order valence-electron chi connectivity index (χ2n) is 3.73. The van der Waals surface area contributed by atoms with Gasteiger partial charge in [-0.3, -0.25) is 0 Å². The fourth-order valence-corrected chi connectivity index (χ4v) is 2.00. The molecule has 0 radical (unpaired) electrons. The summed E-state index contributed by atoms with van der Waals surface area (Å²) in [6.07, 6.45) is 2.89. The number of carboxylic acid groups (broad SMARTS) is 1. The number of hydrogen-bond donors (Lipinski definition) is 3. The van der Waals surface area contributed by atoms with Crippen LogP contribution in [0.15, 0.2) is 18.2 Å². The van der Waals surface area contributed by atoms with E-state index in [1.165, 1.54) is 18.2 Å². The molecule has 1 aromatic rings. The summed E-state index contributed by atoms with van der Waals surface area (Å²) >= 11 is 7.61. The van der Waals surface area contributed by atoms with E-state index in [4.69, 9.17) is 16.7 Å². The molecule has 0 atom stereocenters. The molecule has 0 aromatic heterocycles. The van der Waals surface area contributed by atoms with Gasteiger partial charge in [0.15, 0.2) is 0 Å². The third-order valence-corrected chi connectivity index (χ3v) is 3.28. The van der Waals surface area contributed by atoms with Crippen molar-refractivity contribution < 1.29 is 14.7 Å². The van der Waals surface area contributed by atoms with Crippen molar-refractivity contribution in [2.45, 2.75) is 6.42 Å². The van der Waals surface area contributed by atoms with Gasteiger partial charge in [0, 0.05) is 6.54 Å². The van der Waals surface area contributed by atoms with Gasteiger partial charge < -0.3 is 15.7 Å². The van der Waals surface area contributed by atoms with Crippen LogP contribution in [0.25, 0.3) is 0 Å². The van der Waals surface area contributed by atoms with Crippen molar-refractivity contribution in [3.63, 3.8) is 0 Å². The second kappa shape index (κ2) is 7.91. The normalized spacial score (nSPS) is 10.0. The maximum Gasteiger partial charge on any atom is 0.335 e. The molecular weight excluding hydrogens is 288 g/mol. The van der Waals surface area contributed by atoms with Gasteiger partial charge >= 0.3 is 12.0 Å². The summed E-state index contributed by atoms with van der Waals surface area (Å²) in [6.45, 7) is 0.581. The van der Waals surface area contributed by atoms with Crippen LogP contribution >= 0.6 is 23.4 Å². The fraction of sp³-hybridized carbons (Fsp3) is 0.333. The molecule has 3 N–H and O–H groups in total. The highest BCUT2D eigenvalue weighted by Gasteiger charge is 2.09. The number of benzene rings is 1. The van der Waals surface area contributed by atoms with E-state index < -0.39 is 5.97 Å². The standard InChI is InChI=1S/C12H15ClN2O3S/c1-19-6-2-5-14-12(18)15-10-4-3-8(11(16)17)7-9(10)13/h3-4,7H,2,5-6H2,1H3,(H,16,17)(H2,14,15,18). The van der Waals surface area contributed by atoms with Gasteiger partial charge in [-0.2, -0.15) is 11.8 Å². The Bertz CT molecular complexity index is 468. The lowest BCUT2D eigenvalue weighted by Crippen LogP contribution is -2.29. The monoisotopic (exact) mass is 302 g/mol. The molecule has 0 bridgehead atoms. The maximum atomic E-state index is 11.5. The number of carboxylic acids is 1.